The van der Waals surface area contributed by atoms with Gasteiger partial charge < -0.3 is 10.5 Å². The van der Waals surface area contributed by atoms with Gasteiger partial charge in [-0.3, -0.25) is 4.98 Å². The number of esters is 1. The van der Waals surface area contributed by atoms with Gasteiger partial charge in [0.15, 0.2) is 0 Å². The molecule has 1 rings (SSSR count). The lowest BCUT2D eigenvalue weighted by Gasteiger charge is -2.10. The molecule has 0 atom stereocenters. The van der Waals surface area contributed by atoms with Crippen LogP contribution in [0, 0.1) is 11.3 Å². The molecule has 0 fully saturated rings. The van der Waals surface area contributed by atoms with Gasteiger partial charge in [-0.15, -0.1) is 0 Å². The molecule has 0 unspecified atom stereocenters. The van der Waals surface area contributed by atoms with Crippen LogP contribution in [-0.2, 0) is 11.3 Å². The van der Waals surface area contributed by atoms with Crippen molar-refractivity contribution >= 4 is 5.97 Å². The number of methoxy groups -OCH3 is 1. The minimum absolute atomic E-state index is 0.0236. The monoisotopic (exact) mass is 241 g/mol. The van der Waals surface area contributed by atoms with Crippen molar-refractivity contribution in [2.24, 2.45) is 5.73 Å². The minimum atomic E-state index is -2.98. The highest BCUT2D eigenvalue weighted by atomic mass is 19.3. The number of aromatic nitrogens is 1. The van der Waals surface area contributed by atoms with E-state index in [0.717, 1.165) is 13.3 Å². The zero-order valence-electron chi connectivity index (χ0n) is 8.91. The van der Waals surface area contributed by atoms with Crippen molar-refractivity contribution in [3.05, 3.63) is 28.6 Å². The Kier molecular flexibility index (Phi) is 4.06. The van der Waals surface area contributed by atoms with Crippen LogP contribution < -0.4 is 5.73 Å². The first-order valence-corrected chi connectivity index (χ1v) is 4.55. The van der Waals surface area contributed by atoms with E-state index in [9.17, 15) is 13.6 Å². The second kappa shape index (κ2) is 5.32. The second-order valence-electron chi connectivity index (χ2n) is 3.02. The summed E-state index contributed by atoms with van der Waals surface area (Å²) in [5.41, 5.74) is 3.83. The molecule has 0 radical (unpaired) electrons. The van der Waals surface area contributed by atoms with E-state index in [0.29, 0.717) is 0 Å². The summed E-state index contributed by atoms with van der Waals surface area (Å²) in [5, 5.41) is 8.83. The minimum Gasteiger partial charge on any atom is -0.465 e. The van der Waals surface area contributed by atoms with Crippen LogP contribution in [0.3, 0.4) is 0 Å². The fourth-order valence-corrected chi connectivity index (χ4v) is 1.35. The summed E-state index contributed by atoms with van der Waals surface area (Å²) in [5.74, 6) is -0.965. The van der Waals surface area contributed by atoms with Crippen LogP contribution in [0.5, 0.6) is 0 Å². The van der Waals surface area contributed by atoms with E-state index < -0.39 is 23.5 Å². The maximum Gasteiger partial charge on any atom is 0.339 e. The largest absolute Gasteiger partial charge is 0.465 e. The first-order chi connectivity index (χ1) is 8.06. The van der Waals surface area contributed by atoms with Gasteiger partial charge >= 0.3 is 5.97 Å². The van der Waals surface area contributed by atoms with Crippen LogP contribution in [-0.4, -0.2) is 18.1 Å². The van der Waals surface area contributed by atoms with E-state index in [-0.39, 0.29) is 17.8 Å². The molecule has 0 saturated carbocycles. The third kappa shape index (κ3) is 2.37. The number of halogens is 2. The standard InChI is InChI=1S/C10H9F2N3O2/c1-17-10(16)6-4-15-7(3-14)5(2-13)8(6)9(11)12/h4,9H,3,14H2,1H3. The Hall–Kier alpha value is -2.07. The van der Waals surface area contributed by atoms with Crippen LogP contribution in [0.15, 0.2) is 6.20 Å². The summed E-state index contributed by atoms with van der Waals surface area (Å²) in [4.78, 5) is 15.0. The van der Waals surface area contributed by atoms with Gasteiger partial charge in [0.25, 0.3) is 6.43 Å². The quantitative estimate of drug-likeness (QED) is 0.801. The number of carbonyl (C=O) groups excluding carboxylic acids is 1. The third-order valence-corrected chi connectivity index (χ3v) is 2.13. The van der Waals surface area contributed by atoms with Crippen molar-refractivity contribution in [2.45, 2.75) is 13.0 Å². The van der Waals surface area contributed by atoms with Gasteiger partial charge in [0.05, 0.1) is 29.5 Å². The zero-order chi connectivity index (χ0) is 13.0. The molecule has 90 valence electrons. The predicted octanol–water partition coefficient (Wildman–Crippen LogP) is 1.14. The van der Waals surface area contributed by atoms with Gasteiger partial charge in [0.1, 0.15) is 6.07 Å². The molecule has 0 aliphatic heterocycles. The summed E-state index contributed by atoms with van der Waals surface area (Å²) >= 11 is 0. The van der Waals surface area contributed by atoms with Crippen LogP contribution in [0.4, 0.5) is 8.78 Å². The summed E-state index contributed by atoms with van der Waals surface area (Å²) in [7, 11) is 1.06. The molecule has 0 spiro atoms. The molecule has 0 saturated heterocycles. The topological polar surface area (TPSA) is 89.0 Å². The highest BCUT2D eigenvalue weighted by molar-refractivity contribution is 5.91. The van der Waals surface area contributed by atoms with Crippen LogP contribution in [0.1, 0.15) is 33.6 Å². The molecule has 0 aliphatic rings. The number of rotatable bonds is 3. The van der Waals surface area contributed by atoms with Crippen molar-refractivity contribution < 1.29 is 18.3 Å². The Bertz CT molecular complexity index is 483. The lowest BCUT2D eigenvalue weighted by atomic mass is 10.0. The van der Waals surface area contributed by atoms with Crippen LogP contribution in [0.25, 0.3) is 0 Å². The second-order valence-corrected chi connectivity index (χ2v) is 3.02. The number of nitrogens with zero attached hydrogens (tertiary/aromatic N) is 2. The highest BCUT2D eigenvalue weighted by Gasteiger charge is 2.25. The lowest BCUT2D eigenvalue weighted by molar-refractivity contribution is 0.0588. The van der Waals surface area contributed by atoms with Crippen molar-refractivity contribution in [3.63, 3.8) is 0 Å². The SMILES string of the molecule is COC(=O)c1cnc(CN)c(C#N)c1C(F)F. The van der Waals surface area contributed by atoms with E-state index in [4.69, 9.17) is 11.0 Å². The molecule has 0 aliphatic carbocycles. The van der Waals surface area contributed by atoms with E-state index >= 15 is 0 Å². The maximum absolute atomic E-state index is 12.9. The Morgan fingerprint density at radius 3 is 2.76 bits per heavy atom. The van der Waals surface area contributed by atoms with Crippen molar-refractivity contribution in [2.75, 3.05) is 7.11 Å². The van der Waals surface area contributed by atoms with E-state index in [1.165, 1.54) is 0 Å². The molecule has 0 amide bonds. The number of ether oxygens (including phenoxy) is 1. The molecule has 5 nitrogen and oxygen atoms in total. The van der Waals surface area contributed by atoms with Crippen LogP contribution >= 0.6 is 0 Å². The average Bonchev–Trinajstić information content (AvgIpc) is 2.35. The highest BCUT2D eigenvalue weighted by Crippen LogP contribution is 2.28. The molecular formula is C10H9F2N3O2. The van der Waals surface area contributed by atoms with Gasteiger partial charge in [-0.1, -0.05) is 0 Å². The Balaban J connectivity index is 3.55. The first kappa shape index (κ1) is 13.0. The number of nitriles is 1. The average molecular weight is 241 g/mol. The number of nitrogens with two attached hydrogens (primary N) is 1. The molecule has 1 heterocycles. The summed E-state index contributed by atoms with van der Waals surface area (Å²) in [6, 6.07) is 1.59. The van der Waals surface area contributed by atoms with E-state index in [1.54, 1.807) is 6.07 Å². The maximum atomic E-state index is 12.9. The number of carbonyl (C=O) groups is 1. The number of hydrogen-bond acceptors (Lipinski definition) is 5. The Morgan fingerprint density at radius 2 is 2.35 bits per heavy atom. The molecule has 2 N–H and O–H groups in total. The summed E-state index contributed by atoms with van der Waals surface area (Å²) in [6.07, 6.45) is -2.04. The molecule has 17 heavy (non-hydrogen) atoms. The number of pyridine rings is 1. The van der Waals surface area contributed by atoms with Crippen molar-refractivity contribution in [1.82, 2.24) is 4.98 Å². The summed E-state index contributed by atoms with van der Waals surface area (Å²) < 4.78 is 30.1. The molecule has 0 bridgehead atoms. The van der Waals surface area contributed by atoms with E-state index in [1.807, 2.05) is 0 Å². The van der Waals surface area contributed by atoms with Gasteiger partial charge in [0.2, 0.25) is 0 Å². The molecule has 7 heteroatoms. The van der Waals surface area contributed by atoms with Gasteiger partial charge in [-0.25, -0.2) is 13.6 Å². The van der Waals surface area contributed by atoms with Gasteiger partial charge in [-0.05, 0) is 0 Å². The Labute approximate surface area is 95.8 Å². The van der Waals surface area contributed by atoms with Gasteiger partial charge in [0, 0.05) is 12.7 Å². The molecule has 1 aromatic rings. The predicted molar refractivity (Wildman–Crippen MR) is 53.1 cm³/mol. The lowest BCUT2D eigenvalue weighted by Crippen LogP contribution is -2.13. The first-order valence-electron chi connectivity index (χ1n) is 4.55. The van der Waals surface area contributed by atoms with Gasteiger partial charge in [-0.2, -0.15) is 5.26 Å². The van der Waals surface area contributed by atoms with Crippen molar-refractivity contribution in [1.29, 1.82) is 5.26 Å². The number of hydrogen-bond donors (Lipinski definition) is 1. The number of alkyl halides is 2. The molecular weight excluding hydrogens is 232 g/mol. The zero-order valence-corrected chi connectivity index (χ0v) is 8.91. The fourth-order valence-electron chi connectivity index (χ4n) is 1.35. The molecule has 1 aromatic heterocycles. The normalized spacial score (nSPS) is 10.1. The molecule has 0 aromatic carbocycles. The summed E-state index contributed by atoms with van der Waals surface area (Å²) in [6.45, 7) is -0.163. The van der Waals surface area contributed by atoms with E-state index in [2.05, 4.69) is 9.72 Å². The van der Waals surface area contributed by atoms with Crippen LogP contribution in [0.2, 0.25) is 0 Å². The third-order valence-electron chi connectivity index (χ3n) is 2.13. The van der Waals surface area contributed by atoms with Crippen molar-refractivity contribution in [3.8, 4) is 6.07 Å². The Morgan fingerprint density at radius 1 is 1.71 bits per heavy atom. The smallest absolute Gasteiger partial charge is 0.339 e. The fraction of sp³-hybridized carbons (Fsp3) is 0.300.